The molecule has 0 amide bonds. The second kappa shape index (κ2) is 7.78. The third-order valence-electron chi connectivity index (χ3n) is 3.47. The van der Waals surface area contributed by atoms with Crippen LogP contribution in [0.5, 0.6) is 0 Å². The summed E-state index contributed by atoms with van der Waals surface area (Å²) in [6.45, 7) is 0.662. The maximum Gasteiger partial charge on any atom is 0.173 e. The molecule has 4 heteroatoms. The maximum atomic E-state index is 5.20. The molecule has 0 saturated heterocycles. The molecule has 1 aromatic rings. The van der Waals surface area contributed by atoms with E-state index in [4.69, 9.17) is 9.47 Å². The molecule has 19 heavy (non-hydrogen) atoms. The molecule has 2 rings (SSSR count). The Kier molecular flexibility index (Phi) is 6.01. The lowest BCUT2D eigenvalue weighted by Gasteiger charge is -2.18. The van der Waals surface area contributed by atoms with Gasteiger partial charge in [0.05, 0.1) is 6.54 Å². The van der Waals surface area contributed by atoms with E-state index in [9.17, 15) is 0 Å². The van der Waals surface area contributed by atoms with Crippen LogP contribution in [0.4, 0.5) is 5.69 Å². The van der Waals surface area contributed by atoms with Crippen LogP contribution in [0.2, 0.25) is 0 Å². The second-order valence-corrected chi connectivity index (χ2v) is 6.14. The zero-order valence-electron chi connectivity index (χ0n) is 11.7. The fourth-order valence-corrected chi connectivity index (χ4v) is 3.71. The summed E-state index contributed by atoms with van der Waals surface area (Å²) in [4.78, 5) is 1.33. The van der Waals surface area contributed by atoms with Crippen molar-refractivity contribution in [3.05, 3.63) is 24.3 Å². The molecule has 0 aromatic heterocycles. The quantitative estimate of drug-likeness (QED) is 0.771. The Morgan fingerprint density at radius 2 is 1.89 bits per heavy atom. The number of benzene rings is 1. The van der Waals surface area contributed by atoms with Crippen LogP contribution < -0.4 is 5.32 Å². The van der Waals surface area contributed by atoms with E-state index in [1.54, 1.807) is 14.2 Å². The molecule has 0 atom stereocenters. The van der Waals surface area contributed by atoms with Gasteiger partial charge < -0.3 is 14.8 Å². The van der Waals surface area contributed by atoms with Crippen LogP contribution in [0, 0.1) is 0 Å². The first-order chi connectivity index (χ1) is 9.33. The van der Waals surface area contributed by atoms with E-state index in [1.165, 1.54) is 36.3 Å². The Labute approximate surface area is 120 Å². The average molecular weight is 281 g/mol. The lowest BCUT2D eigenvalue weighted by Crippen LogP contribution is -2.23. The largest absolute Gasteiger partial charge is 0.379 e. The van der Waals surface area contributed by atoms with Crippen molar-refractivity contribution >= 4 is 17.4 Å². The number of para-hydroxylation sites is 1. The molecule has 106 valence electrons. The van der Waals surface area contributed by atoms with Crippen LogP contribution >= 0.6 is 11.8 Å². The van der Waals surface area contributed by atoms with E-state index in [-0.39, 0.29) is 6.29 Å². The molecule has 3 nitrogen and oxygen atoms in total. The van der Waals surface area contributed by atoms with Gasteiger partial charge in [0.1, 0.15) is 0 Å². The number of ether oxygens (including phenoxy) is 2. The normalized spacial score (nSPS) is 16.2. The fraction of sp³-hybridized carbons (Fsp3) is 0.600. The molecule has 1 aromatic carbocycles. The monoisotopic (exact) mass is 281 g/mol. The van der Waals surface area contributed by atoms with Crippen molar-refractivity contribution in [3.8, 4) is 0 Å². The third-order valence-corrected chi connectivity index (χ3v) is 4.88. The highest BCUT2D eigenvalue weighted by Crippen LogP contribution is 2.37. The predicted molar refractivity (Wildman–Crippen MR) is 80.9 cm³/mol. The molecule has 1 saturated carbocycles. The summed E-state index contributed by atoms with van der Waals surface area (Å²) in [5.74, 6) is 0. The minimum atomic E-state index is -0.204. The number of hydrogen-bond donors (Lipinski definition) is 1. The van der Waals surface area contributed by atoms with E-state index in [0.717, 1.165) is 5.25 Å². The third kappa shape index (κ3) is 4.41. The average Bonchev–Trinajstić information content (AvgIpc) is 2.94. The second-order valence-electron chi connectivity index (χ2n) is 4.80. The van der Waals surface area contributed by atoms with Gasteiger partial charge in [-0.15, -0.1) is 11.8 Å². The van der Waals surface area contributed by atoms with Gasteiger partial charge in [0.2, 0.25) is 0 Å². The minimum absolute atomic E-state index is 0.204. The van der Waals surface area contributed by atoms with E-state index in [2.05, 4.69) is 29.6 Å². The smallest absolute Gasteiger partial charge is 0.173 e. The summed E-state index contributed by atoms with van der Waals surface area (Å²) in [5, 5.41) is 4.20. The van der Waals surface area contributed by atoms with E-state index in [1.807, 2.05) is 11.8 Å². The number of rotatable bonds is 7. The molecule has 0 unspecified atom stereocenters. The van der Waals surface area contributed by atoms with Crippen molar-refractivity contribution in [3.63, 3.8) is 0 Å². The molecule has 0 radical (unpaired) electrons. The number of methoxy groups -OCH3 is 2. The van der Waals surface area contributed by atoms with Crippen LogP contribution in [0.3, 0.4) is 0 Å². The molecule has 1 aliphatic rings. The molecule has 0 aliphatic heterocycles. The first-order valence-corrected chi connectivity index (χ1v) is 7.76. The van der Waals surface area contributed by atoms with Gasteiger partial charge in [-0.05, 0) is 25.0 Å². The minimum Gasteiger partial charge on any atom is -0.379 e. The van der Waals surface area contributed by atoms with Gasteiger partial charge in [-0.3, -0.25) is 0 Å². The molecule has 1 N–H and O–H groups in total. The van der Waals surface area contributed by atoms with Crippen LogP contribution in [0.1, 0.15) is 25.7 Å². The van der Waals surface area contributed by atoms with Gasteiger partial charge in [0.25, 0.3) is 0 Å². The topological polar surface area (TPSA) is 30.5 Å². The van der Waals surface area contributed by atoms with Gasteiger partial charge >= 0.3 is 0 Å². The first kappa shape index (κ1) is 14.7. The summed E-state index contributed by atoms with van der Waals surface area (Å²) < 4.78 is 10.4. The lowest BCUT2D eigenvalue weighted by atomic mass is 10.3. The SMILES string of the molecule is COC(CNc1ccccc1SC1CCCC1)OC. The van der Waals surface area contributed by atoms with Crippen LogP contribution in [0.15, 0.2) is 29.2 Å². The molecule has 0 bridgehead atoms. The molecular formula is C15H23NO2S. The van der Waals surface area contributed by atoms with Crippen molar-refractivity contribution in [1.29, 1.82) is 0 Å². The van der Waals surface area contributed by atoms with Gasteiger partial charge in [0.15, 0.2) is 6.29 Å². The van der Waals surface area contributed by atoms with E-state index >= 15 is 0 Å². The van der Waals surface area contributed by atoms with Gasteiger partial charge in [0, 0.05) is 30.1 Å². The summed E-state index contributed by atoms with van der Waals surface area (Å²) in [7, 11) is 3.32. The van der Waals surface area contributed by atoms with Crippen molar-refractivity contribution in [2.24, 2.45) is 0 Å². The molecule has 1 aliphatic carbocycles. The highest BCUT2D eigenvalue weighted by atomic mass is 32.2. The zero-order chi connectivity index (χ0) is 13.5. The van der Waals surface area contributed by atoms with Crippen molar-refractivity contribution in [1.82, 2.24) is 0 Å². The van der Waals surface area contributed by atoms with E-state index in [0.29, 0.717) is 6.54 Å². The molecule has 0 heterocycles. The van der Waals surface area contributed by atoms with Crippen molar-refractivity contribution < 1.29 is 9.47 Å². The Morgan fingerprint density at radius 3 is 2.58 bits per heavy atom. The van der Waals surface area contributed by atoms with Gasteiger partial charge in [-0.1, -0.05) is 25.0 Å². The number of thioether (sulfide) groups is 1. The number of hydrogen-bond acceptors (Lipinski definition) is 4. The number of anilines is 1. The van der Waals surface area contributed by atoms with Crippen LogP contribution in [-0.2, 0) is 9.47 Å². The predicted octanol–water partition coefficient (Wildman–Crippen LogP) is 3.75. The van der Waals surface area contributed by atoms with Crippen LogP contribution in [0.25, 0.3) is 0 Å². The molecule has 0 spiro atoms. The van der Waals surface area contributed by atoms with Crippen molar-refractivity contribution in [2.45, 2.75) is 42.1 Å². The summed E-state index contributed by atoms with van der Waals surface area (Å²) >= 11 is 2.00. The Balaban J connectivity index is 1.95. The standard InChI is InChI=1S/C15H23NO2S/c1-17-15(18-2)11-16-13-9-5-6-10-14(13)19-12-7-3-4-8-12/h5-6,9-10,12,15-16H,3-4,7-8,11H2,1-2H3. The van der Waals surface area contributed by atoms with Crippen molar-refractivity contribution in [2.75, 3.05) is 26.1 Å². The summed E-state index contributed by atoms with van der Waals surface area (Å²) in [6, 6.07) is 8.49. The van der Waals surface area contributed by atoms with Crippen LogP contribution in [-0.4, -0.2) is 32.3 Å². The Morgan fingerprint density at radius 1 is 1.21 bits per heavy atom. The Bertz CT molecular complexity index is 376. The van der Waals surface area contributed by atoms with E-state index < -0.39 is 0 Å². The Hall–Kier alpha value is -0.710. The highest BCUT2D eigenvalue weighted by Gasteiger charge is 2.17. The first-order valence-electron chi connectivity index (χ1n) is 6.88. The summed E-state index contributed by atoms with van der Waals surface area (Å²) in [6.07, 6.45) is 5.24. The highest BCUT2D eigenvalue weighted by molar-refractivity contribution is 8.00. The molecular weight excluding hydrogens is 258 g/mol. The van der Waals surface area contributed by atoms with Gasteiger partial charge in [-0.25, -0.2) is 0 Å². The van der Waals surface area contributed by atoms with Gasteiger partial charge in [-0.2, -0.15) is 0 Å². The molecule has 1 fully saturated rings. The maximum absolute atomic E-state index is 5.20. The summed E-state index contributed by atoms with van der Waals surface area (Å²) in [5.41, 5.74) is 1.18. The zero-order valence-corrected chi connectivity index (χ0v) is 12.5. The fourth-order valence-electron chi connectivity index (χ4n) is 2.36. The lowest BCUT2D eigenvalue weighted by molar-refractivity contribution is -0.0914. The number of nitrogens with one attached hydrogen (secondary N) is 1.